The zero-order valence-corrected chi connectivity index (χ0v) is 16.3. The van der Waals surface area contributed by atoms with Crippen molar-refractivity contribution < 1.29 is 24.4 Å². The van der Waals surface area contributed by atoms with Gasteiger partial charge in [-0.3, -0.25) is 0 Å². The van der Waals surface area contributed by atoms with Crippen LogP contribution in [0.25, 0.3) is 0 Å². The van der Waals surface area contributed by atoms with Gasteiger partial charge in [-0.2, -0.15) is 0 Å². The quantitative estimate of drug-likeness (QED) is 0.742. The van der Waals surface area contributed by atoms with E-state index in [0.29, 0.717) is 25.1 Å². The number of ether oxygens (including phenoxy) is 3. The Morgan fingerprint density at radius 1 is 1.19 bits per heavy atom. The number of hydrogen-bond acceptors (Lipinski definition) is 6. The molecule has 3 atom stereocenters. The number of aromatic hydroxyl groups is 1. The lowest BCUT2D eigenvalue weighted by atomic mass is 9.86. The van der Waals surface area contributed by atoms with Crippen molar-refractivity contribution in [3.8, 4) is 11.5 Å². The van der Waals surface area contributed by atoms with Gasteiger partial charge in [-0.1, -0.05) is 0 Å². The molecule has 3 N–H and O–H groups in total. The molecule has 1 aromatic carbocycles. The van der Waals surface area contributed by atoms with Crippen LogP contribution in [-0.2, 0) is 22.3 Å². The van der Waals surface area contributed by atoms with E-state index in [0.717, 1.165) is 11.1 Å². The number of nitrogens with one attached hydrogen (secondary N) is 1. The Kier molecular flexibility index (Phi) is 5.23. The van der Waals surface area contributed by atoms with Crippen LogP contribution in [0.4, 0.5) is 0 Å². The van der Waals surface area contributed by atoms with Gasteiger partial charge >= 0.3 is 0 Å². The lowest BCUT2D eigenvalue weighted by molar-refractivity contribution is -0.145. The second kappa shape index (κ2) is 7.00. The van der Waals surface area contributed by atoms with Gasteiger partial charge in [-0.15, -0.1) is 0 Å². The molecule has 1 aliphatic carbocycles. The first-order chi connectivity index (χ1) is 12.0. The molecule has 1 saturated heterocycles. The van der Waals surface area contributed by atoms with Gasteiger partial charge in [-0.25, -0.2) is 0 Å². The first-order valence-corrected chi connectivity index (χ1v) is 9.29. The smallest absolute Gasteiger partial charge is 0.163 e. The Labute approximate surface area is 155 Å². The predicted molar refractivity (Wildman–Crippen MR) is 98.6 cm³/mol. The van der Waals surface area contributed by atoms with Gasteiger partial charge in [0, 0.05) is 36.1 Å². The highest BCUT2D eigenvalue weighted by molar-refractivity contribution is 5.50. The molecule has 0 amide bonds. The van der Waals surface area contributed by atoms with E-state index in [2.05, 4.69) is 26.1 Å². The number of phenolic OH excluding ortho intramolecular Hbond substituents is 1. The first kappa shape index (κ1) is 19.4. The predicted octanol–water partition coefficient (Wildman–Crippen LogP) is 2.14. The molecule has 146 valence electrons. The number of β-amino-alcohol motifs (C(OH)–C–C–N with tert-alkyl or cyclic N) is 1. The molecule has 1 heterocycles. The third-order valence-corrected chi connectivity index (χ3v) is 4.76. The minimum absolute atomic E-state index is 0.0471. The number of rotatable bonds is 5. The normalized spacial score (nSPS) is 25.5. The van der Waals surface area contributed by atoms with Gasteiger partial charge < -0.3 is 29.7 Å². The third-order valence-electron chi connectivity index (χ3n) is 4.76. The molecule has 1 unspecified atom stereocenters. The van der Waals surface area contributed by atoms with Crippen molar-refractivity contribution in [2.24, 2.45) is 0 Å². The van der Waals surface area contributed by atoms with Gasteiger partial charge in [0.15, 0.2) is 5.79 Å². The fourth-order valence-corrected chi connectivity index (χ4v) is 3.57. The number of phenols is 1. The number of fused-ring (bicyclic) bond motifs is 2. The van der Waals surface area contributed by atoms with Crippen molar-refractivity contribution in [2.75, 3.05) is 13.2 Å². The highest BCUT2D eigenvalue weighted by Gasteiger charge is 2.45. The summed E-state index contributed by atoms with van der Waals surface area (Å²) in [5.74, 6) is 0.344. The molecule has 3 rings (SSSR count). The Hall–Kier alpha value is -1.34. The lowest BCUT2D eigenvalue weighted by Gasteiger charge is -2.28. The number of hydrogen-bond donors (Lipinski definition) is 3. The summed E-state index contributed by atoms with van der Waals surface area (Å²) < 4.78 is 17.8. The molecule has 0 spiro atoms. The fraction of sp³-hybridized carbons (Fsp3) is 0.700. The highest BCUT2D eigenvalue weighted by Crippen LogP contribution is 2.42. The summed E-state index contributed by atoms with van der Waals surface area (Å²) in [4.78, 5) is 0. The first-order valence-electron chi connectivity index (χ1n) is 9.29. The summed E-state index contributed by atoms with van der Waals surface area (Å²) in [6, 6.07) is 3.41. The van der Waals surface area contributed by atoms with Crippen LogP contribution in [0, 0.1) is 0 Å². The van der Waals surface area contributed by atoms with Crippen LogP contribution in [0.15, 0.2) is 12.1 Å². The van der Waals surface area contributed by atoms with Crippen molar-refractivity contribution in [3.63, 3.8) is 0 Å². The Bertz CT molecular complexity index is 652. The van der Waals surface area contributed by atoms with Crippen LogP contribution in [0.1, 0.15) is 45.7 Å². The van der Waals surface area contributed by atoms with E-state index < -0.39 is 11.9 Å². The van der Waals surface area contributed by atoms with Crippen molar-refractivity contribution in [3.05, 3.63) is 23.3 Å². The Morgan fingerprint density at radius 3 is 2.42 bits per heavy atom. The molecule has 2 aliphatic rings. The van der Waals surface area contributed by atoms with Gasteiger partial charge in [0.25, 0.3) is 0 Å². The standard InChI is InChI=1S/C20H31NO5/c1-19(2,3)21-10-12(22)11-24-16-7-6-15(23)13-8-17-18(9-14(13)16)26-20(4,5)25-17/h6-7,12,17-18,21-23H,8-11H2,1-5H3/t12?,17-,18-/m1/s1. The highest BCUT2D eigenvalue weighted by atomic mass is 16.7. The average molecular weight is 365 g/mol. The van der Waals surface area contributed by atoms with Crippen molar-refractivity contribution in [1.29, 1.82) is 0 Å². The molecule has 6 nitrogen and oxygen atoms in total. The lowest BCUT2D eigenvalue weighted by Crippen LogP contribution is -2.42. The van der Waals surface area contributed by atoms with Gasteiger partial charge in [-0.05, 0) is 46.8 Å². The molecule has 0 aromatic heterocycles. The van der Waals surface area contributed by atoms with Gasteiger partial charge in [0.2, 0.25) is 0 Å². The van der Waals surface area contributed by atoms with E-state index >= 15 is 0 Å². The minimum Gasteiger partial charge on any atom is -0.508 e. The second-order valence-corrected chi connectivity index (χ2v) is 8.76. The SMILES string of the molecule is CC(C)(C)NCC(O)COc1ccc(O)c2c1C[C@H]1OC(C)(C)O[C@@H]1C2. The van der Waals surface area contributed by atoms with E-state index in [9.17, 15) is 10.2 Å². The van der Waals surface area contributed by atoms with Crippen molar-refractivity contribution in [1.82, 2.24) is 5.32 Å². The zero-order valence-electron chi connectivity index (χ0n) is 16.3. The maximum Gasteiger partial charge on any atom is 0.163 e. The van der Waals surface area contributed by atoms with Gasteiger partial charge in [0.1, 0.15) is 24.2 Å². The summed E-state index contributed by atoms with van der Waals surface area (Å²) in [7, 11) is 0. The average Bonchev–Trinajstić information content (AvgIpc) is 2.83. The fourth-order valence-electron chi connectivity index (χ4n) is 3.57. The van der Waals surface area contributed by atoms with Crippen LogP contribution in [0.3, 0.4) is 0 Å². The van der Waals surface area contributed by atoms with Crippen LogP contribution in [0.5, 0.6) is 11.5 Å². The number of benzene rings is 1. The maximum atomic E-state index is 10.3. The van der Waals surface area contributed by atoms with E-state index in [4.69, 9.17) is 14.2 Å². The summed E-state index contributed by atoms with van der Waals surface area (Å²) in [5, 5.41) is 23.7. The summed E-state index contributed by atoms with van der Waals surface area (Å²) in [6.45, 7) is 10.6. The van der Waals surface area contributed by atoms with E-state index in [-0.39, 0.29) is 30.1 Å². The molecule has 0 saturated carbocycles. The monoisotopic (exact) mass is 365 g/mol. The summed E-state index contributed by atoms with van der Waals surface area (Å²) in [5.41, 5.74) is 1.75. The van der Waals surface area contributed by atoms with Crippen LogP contribution >= 0.6 is 0 Å². The van der Waals surface area contributed by atoms with Gasteiger partial charge in [0.05, 0.1) is 12.2 Å². The molecule has 0 radical (unpaired) electrons. The molecule has 0 bridgehead atoms. The Balaban J connectivity index is 1.68. The minimum atomic E-state index is -0.611. The molecule has 1 aliphatic heterocycles. The van der Waals surface area contributed by atoms with E-state index in [1.54, 1.807) is 12.1 Å². The number of aliphatic hydroxyl groups is 1. The number of aliphatic hydroxyl groups excluding tert-OH is 1. The van der Waals surface area contributed by atoms with Crippen LogP contribution < -0.4 is 10.1 Å². The molecular weight excluding hydrogens is 334 g/mol. The third kappa shape index (κ3) is 4.49. The maximum absolute atomic E-state index is 10.3. The summed E-state index contributed by atoms with van der Waals surface area (Å²) in [6.07, 6.45) is 0.513. The van der Waals surface area contributed by atoms with E-state index in [1.807, 2.05) is 13.8 Å². The Morgan fingerprint density at radius 2 is 1.81 bits per heavy atom. The second-order valence-electron chi connectivity index (χ2n) is 8.76. The topological polar surface area (TPSA) is 80.2 Å². The summed E-state index contributed by atoms with van der Waals surface area (Å²) >= 11 is 0. The molecule has 6 heteroatoms. The molecule has 1 fully saturated rings. The zero-order chi connectivity index (χ0) is 19.1. The molecular formula is C20H31NO5. The molecule has 26 heavy (non-hydrogen) atoms. The van der Waals surface area contributed by atoms with Crippen molar-refractivity contribution >= 4 is 0 Å². The van der Waals surface area contributed by atoms with Crippen LogP contribution in [-0.4, -0.2) is 53.0 Å². The largest absolute Gasteiger partial charge is 0.508 e. The molecule has 1 aromatic rings. The van der Waals surface area contributed by atoms with E-state index in [1.165, 1.54) is 0 Å². The van der Waals surface area contributed by atoms with Crippen molar-refractivity contribution in [2.45, 2.75) is 77.1 Å². The van der Waals surface area contributed by atoms with Crippen LogP contribution in [0.2, 0.25) is 0 Å².